The highest BCUT2D eigenvalue weighted by molar-refractivity contribution is 14.1. The molecule has 1 aromatic rings. The van der Waals surface area contributed by atoms with Crippen molar-refractivity contribution in [3.05, 3.63) is 32.4 Å². The van der Waals surface area contributed by atoms with Gasteiger partial charge in [-0.15, -0.1) is 0 Å². The lowest BCUT2D eigenvalue weighted by molar-refractivity contribution is 0.0953. The highest BCUT2D eigenvalue weighted by atomic mass is 127. The first-order valence-corrected chi connectivity index (χ1v) is 6.54. The van der Waals surface area contributed by atoms with Crippen molar-refractivity contribution in [3.8, 4) is 0 Å². The zero-order valence-corrected chi connectivity index (χ0v) is 11.7. The minimum Gasteiger partial charge on any atom is -0.352 e. The third-order valence-corrected chi connectivity index (χ3v) is 3.64. The molecule has 1 aromatic carbocycles. The summed E-state index contributed by atoms with van der Waals surface area (Å²) in [5, 5.41) is 3.51. The number of nitrogens with one attached hydrogen (secondary N) is 1. The molecule has 0 saturated heterocycles. The molecule has 0 atom stereocenters. The smallest absolute Gasteiger partial charge is 0.251 e. The lowest BCUT2D eigenvalue weighted by atomic mass is 10.2. The van der Waals surface area contributed by atoms with E-state index in [1.807, 2.05) is 0 Å². The van der Waals surface area contributed by atoms with Crippen LogP contribution in [-0.4, -0.2) is 19.0 Å². The number of benzene rings is 1. The van der Waals surface area contributed by atoms with Gasteiger partial charge in [-0.25, -0.2) is 0 Å². The standard InChI is InChI=1S/C11H14ClIN2O/c12-9-4-3-8(7-10(9)13)11(16)15-6-2-1-5-14/h3-4,7H,1-2,5-6,14H2,(H,15,16). The maximum Gasteiger partial charge on any atom is 0.251 e. The maximum atomic E-state index is 11.7. The Bertz CT molecular complexity index is 371. The molecule has 1 rings (SSSR count). The number of nitrogens with two attached hydrogens (primary N) is 1. The Kier molecular flexibility index (Phi) is 6.08. The van der Waals surface area contributed by atoms with Crippen LogP contribution in [0.4, 0.5) is 0 Å². The van der Waals surface area contributed by atoms with Crippen LogP contribution >= 0.6 is 34.2 Å². The lowest BCUT2D eigenvalue weighted by Crippen LogP contribution is -2.24. The van der Waals surface area contributed by atoms with E-state index in [4.69, 9.17) is 17.3 Å². The van der Waals surface area contributed by atoms with Gasteiger partial charge in [-0.1, -0.05) is 11.6 Å². The van der Waals surface area contributed by atoms with Crippen molar-refractivity contribution in [1.29, 1.82) is 0 Å². The fourth-order valence-corrected chi connectivity index (χ4v) is 1.84. The largest absolute Gasteiger partial charge is 0.352 e. The van der Waals surface area contributed by atoms with Crippen LogP contribution in [0.1, 0.15) is 23.2 Å². The quantitative estimate of drug-likeness (QED) is 0.631. The zero-order valence-electron chi connectivity index (χ0n) is 8.80. The van der Waals surface area contributed by atoms with Crippen LogP contribution in [0.5, 0.6) is 0 Å². The van der Waals surface area contributed by atoms with E-state index in [1.165, 1.54) is 0 Å². The van der Waals surface area contributed by atoms with Gasteiger partial charge >= 0.3 is 0 Å². The van der Waals surface area contributed by atoms with E-state index >= 15 is 0 Å². The van der Waals surface area contributed by atoms with Gasteiger partial charge in [0.1, 0.15) is 0 Å². The lowest BCUT2D eigenvalue weighted by Gasteiger charge is -2.05. The summed E-state index contributed by atoms with van der Waals surface area (Å²) in [7, 11) is 0. The number of hydrogen-bond donors (Lipinski definition) is 2. The first-order chi connectivity index (χ1) is 7.65. The fraction of sp³-hybridized carbons (Fsp3) is 0.364. The van der Waals surface area contributed by atoms with Gasteiger partial charge in [0.15, 0.2) is 0 Å². The Balaban J connectivity index is 2.50. The first-order valence-electron chi connectivity index (χ1n) is 5.08. The van der Waals surface area contributed by atoms with Gasteiger partial charge in [0.05, 0.1) is 5.02 Å². The second-order valence-corrected chi connectivity index (χ2v) is 4.95. The van der Waals surface area contributed by atoms with Crippen LogP contribution in [0.25, 0.3) is 0 Å². The average molecular weight is 353 g/mol. The highest BCUT2D eigenvalue weighted by Crippen LogP contribution is 2.19. The molecular formula is C11H14ClIN2O. The molecule has 0 aliphatic carbocycles. The molecule has 0 saturated carbocycles. The van der Waals surface area contributed by atoms with Crippen molar-refractivity contribution in [2.75, 3.05) is 13.1 Å². The van der Waals surface area contributed by atoms with Gasteiger partial charge in [-0.2, -0.15) is 0 Å². The van der Waals surface area contributed by atoms with Crippen molar-refractivity contribution < 1.29 is 4.79 Å². The summed E-state index contributed by atoms with van der Waals surface area (Å²) < 4.78 is 0.883. The molecule has 0 spiro atoms. The van der Waals surface area contributed by atoms with Gasteiger partial charge < -0.3 is 11.1 Å². The molecule has 3 N–H and O–H groups in total. The summed E-state index contributed by atoms with van der Waals surface area (Å²) in [5.41, 5.74) is 6.00. The molecule has 0 aromatic heterocycles. The van der Waals surface area contributed by atoms with E-state index in [0.717, 1.165) is 16.4 Å². The normalized spacial score (nSPS) is 10.2. The Labute approximate surface area is 114 Å². The summed E-state index contributed by atoms with van der Waals surface area (Å²) in [5.74, 6) is -0.0633. The number of halogens is 2. The van der Waals surface area contributed by atoms with Crippen LogP contribution in [0.2, 0.25) is 5.02 Å². The van der Waals surface area contributed by atoms with Crippen molar-refractivity contribution in [2.45, 2.75) is 12.8 Å². The summed E-state index contributed by atoms with van der Waals surface area (Å²) in [6, 6.07) is 5.24. The molecule has 5 heteroatoms. The Morgan fingerprint density at radius 3 is 2.81 bits per heavy atom. The maximum absolute atomic E-state index is 11.7. The van der Waals surface area contributed by atoms with Crippen LogP contribution in [0.15, 0.2) is 18.2 Å². The number of amides is 1. The first kappa shape index (κ1) is 13.7. The molecule has 0 aliphatic rings. The minimum absolute atomic E-state index is 0.0633. The summed E-state index contributed by atoms with van der Waals surface area (Å²) >= 11 is 7.98. The Morgan fingerprint density at radius 2 is 2.19 bits per heavy atom. The van der Waals surface area contributed by atoms with E-state index in [9.17, 15) is 4.79 Å². The van der Waals surface area contributed by atoms with E-state index in [2.05, 4.69) is 27.9 Å². The Morgan fingerprint density at radius 1 is 1.44 bits per heavy atom. The molecule has 1 amide bonds. The molecule has 0 heterocycles. The van der Waals surface area contributed by atoms with Gasteiger partial charge in [0.25, 0.3) is 5.91 Å². The average Bonchev–Trinajstić information content (AvgIpc) is 2.28. The van der Waals surface area contributed by atoms with Gasteiger partial charge in [0, 0.05) is 15.7 Å². The fourth-order valence-electron chi connectivity index (χ4n) is 1.21. The third-order valence-electron chi connectivity index (χ3n) is 2.10. The molecule has 0 radical (unpaired) electrons. The van der Waals surface area contributed by atoms with Crippen molar-refractivity contribution in [2.24, 2.45) is 5.73 Å². The van der Waals surface area contributed by atoms with Crippen molar-refractivity contribution in [1.82, 2.24) is 5.32 Å². The molecular weight excluding hydrogens is 338 g/mol. The molecule has 88 valence electrons. The highest BCUT2D eigenvalue weighted by Gasteiger charge is 2.06. The van der Waals surface area contributed by atoms with Crippen molar-refractivity contribution >= 4 is 40.1 Å². The molecule has 0 unspecified atom stereocenters. The number of carbonyl (C=O) groups excluding carboxylic acids is 1. The van der Waals surface area contributed by atoms with Crippen molar-refractivity contribution in [3.63, 3.8) is 0 Å². The topological polar surface area (TPSA) is 55.1 Å². The molecule has 0 bridgehead atoms. The third kappa shape index (κ3) is 4.27. The second-order valence-electron chi connectivity index (χ2n) is 3.38. The molecule has 0 fully saturated rings. The zero-order chi connectivity index (χ0) is 12.0. The molecule has 3 nitrogen and oxygen atoms in total. The van der Waals surface area contributed by atoms with Gasteiger partial charge in [0.2, 0.25) is 0 Å². The van der Waals surface area contributed by atoms with Gasteiger partial charge in [-0.05, 0) is 60.2 Å². The number of unbranched alkanes of at least 4 members (excludes halogenated alkanes) is 1. The van der Waals surface area contributed by atoms with E-state index in [0.29, 0.717) is 23.7 Å². The summed E-state index contributed by atoms with van der Waals surface area (Å²) in [6.07, 6.45) is 1.84. The van der Waals surface area contributed by atoms with Crippen LogP contribution < -0.4 is 11.1 Å². The predicted molar refractivity (Wildman–Crippen MR) is 74.8 cm³/mol. The van der Waals surface area contributed by atoms with E-state index in [-0.39, 0.29) is 5.91 Å². The summed E-state index contributed by atoms with van der Waals surface area (Å²) in [6.45, 7) is 1.32. The van der Waals surface area contributed by atoms with Gasteiger partial charge in [-0.3, -0.25) is 4.79 Å². The minimum atomic E-state index is -0.0633. The SMILES string of the molecule is NCCCCNC(=O)c1ccc(Cl)c(I)c1. The molecule has 0 aliphatic heterocycles. The number of hydrogen-bond acceptors (Lipinski definition) is 2. The Hall–Kier alpha value is -0.330. The summed E-state index contributed by atoms with van der Waals surface area (Å²) in [4.78, 5) is 11.7. The number of carbonyl (C=O) groups is 1. The monoisotopic (exact) mass is 352 g/mol. The second kappa shape index (κ2) is 7.09. The van der Waals surface area contributed by atoms with Crippen LogP contribution in [0, 0.1) is 3.57 Å². The van der Waals surface area contributed by atoms with E-state index in [1.54, 1.807) is 18.2 Å². The van der Waals surface area contributed by atoms with Crippen LogP contribution in [-0.2, 0) is 0 Å². The molecule has 16 heavy (non-hydrogen) atoms. The van der Waals surface area contributed by atoms with E-state index < -0.39 is 0 Å². The van der Waals surface area contributed by atoms with Crippen LogP contribution in [0.3, 0.4) is 0 Å². The predicted octanol–water partition coefficient (Wildman–Crippen LogP) is 2.41. The number of rotatable bonds is 5.